The van der Waals surface area contributed by atoms with Gasteiger partial charge in [0.25, 0.3) is 0 Å². The van der Waals surface area contributed by atoms with Gasteiger partial charge in [-0.3, -0.25) is 0 Å². The van der Waals surface area contributed by atoms with Crippen LogP contribution >= 0.6 is 0 Å². The maximum absolute atomic E-state index is 12.0. The fourth-order valence-corrected chi connectivity index (χ4v) is 2.29. The molecule has 0 saturated heterocycles. The van der Waals surface area contributed by atoms with Crippen LogP contribution in [0.5, 0.6) is 0 Å². The van der Waals surface area contributed by atoms with E-state index in [1.54, 1.807) is 6.92 Å². The van der Waals surface area contributed by atoms with Crippen molar-refractivity contribution in [1.82, 2.24) is 10.0 Å². The van der Waals surface area contributed by atoms with Crippen LogP contribution in [0.25, 0.3) is 0 Å². The summed E-state index contributed by atoms with van der Waals surface area (Å²) in [5, 5.41) is 2.66. The zero-order chi connectivity index (χ0) is 13.7. The summed E-state index contributed by atoms with van der Waals surface area (Å²) >= 11 is 0. The Morgan fingerprint density at radius 1 is 1.18 bits per heavy atom. The largest absolute Gasteiger partial charge is 0.316 e. The third-order valence-corrected chi connectivity index (χ3v) is 5.28. The smallest absolute Gasteiger partial charge is 0.215 e. The summed E-state index contributed by atoms with van der Waals surface area (Å²) < 4.78 is 26.6. The Hall–Kier alpha value is -0.130. The van der Waals surface area contributed by atoms with Gasteiger partial charge in [0.15, 0.2) is 0 Å². The third kappa shape index (κ3) is 5.84. The Morgan fingerprint density at radius 2 is 1.71 bits per heavy atom. The van der Waals surface area contributed by atoms with Crippen molar-refractivity contribution in [3.8, 4) is 0 Å². The minimum absolute atomic E-state index is 0.0228. The van der Waals surface area contributed by atoms with E-state index in [0.717, 1.165) is 6.54 Å². The summed E-state index contributed by atoms with van der Waals surface area (Å²) in [4.78, 5) is 0. The first kappa shape index (κ1) is 16.9. The molecule has 0 amide bonds. The molecule has 104 valence electrons. The van der Waals surface area contributed by atoms with E-state index in [9.17, 15) is 8.42 Å². The van der Waals surface area contributed by atoms with Crippen molar-refractivity contribution in [2.45, 2.75) is 46.8 Å². The zero-order valence-electron chi connectivity index (χ0n) is 12.0. The maximum Gasteiger partial charge on any atom is 0.215 e. The molecule has 0 fully saturated rings. The highest BCUT2D eigenvalue weighted by Gasteiger charge is 2.27. The normalized spacial score (nSPS) is 15.2. The molecule has 0 aromatic heterocycles. The van der Waals surface area contributed by atoms with Gasteiger partial charge in [0, 0.05) is 13.1 Å². The topological polar surface area (TPSA) is 58.2 Å². The molecule has 5 heteroatoms. The van der Waals surface area contributed by atoms with Crippen LogP contribution in [0.3, 0.4) is 0 Å². The van der Waals surface area contributed by atoms with E-state index < -0.39 is 15.3 Å². The molecular weight excluding hydrogens is 236 g/mol. The van der Waals surface area contributed by atoms with Crippen molar-refractivity contribution >= 4 is 10.0 Å². The summed E-state index contributed by atoms with van der Waals surface area (Å²) in [6, 6.07) is 0. The van der Waals surface area contributed by atoms with Gasteiger partial charge in [0.05, 0.1) is 5.25 Å². The van der Waals surface area contributed by atoms with Crippen LogP contribution in [0, 0.1) is 11.3 Å². The van der Waals surface area contributed by atoms with Gasteiger partial charge in [0.2, 0.25) is 10.0 Å². The molecule has 2 N–H and O–H groups in total. The summed E-state index contributed by atoms with van der Waals surface area (Å²) in [6.07, 6.45) is 0. The van der Waals surface area contributed by atoms with E-state index in [1.165, 1.54) is 0 Å². The van der Waals surface area contributed by atoms with Crippen LogP contribution < -0.4 is 10.0 Å². The molecule has 0 aromatic rings. The van der Waals surface area contributed by atoms with E-state index in [4.69, 9.17) is 0 Å². The number of sulfonamides is 1. The number of rotatable bonds is 8. The second-order valence-electron chi connectivity index (χ2n) is 5.63. The summed E-state index contributed by atoms with van der Waals surface area (Å²) in [5.74, 6) is 0.439. The van der Waals surface area contributed by atoms with Crippen molar-refractivity contribution in [1.29, 1.82) is 0 Å². The highest BCUT2D eigenvalue weighted by atomic mass is 32.2. The maximum atomic E-state index is 12.0. The highest BCUT2D eigenvalue weighted by Crippen LogP contribution is 2.25. The Balaban J connectivity index is 4.37. The van der Waals surface area contributed by atoms with Crippen LogP contribution in [-0.4, -0.2) is 33.3 Å². The van der Waals surface area contributed by atoms with Crippen molar-refractivity contribution in [3.05, 3.63) is 0 Å². The van der Waals surface area contributed by atoms with Crippen LogP contribution in [0.15, 0.2) is 0 Å². The van der Waals surface area contributed by atoms with Crippen LogP contribution in [0.2, 0.25) is 0 Å². The van der Waals surface area contributed by atoms with Gasteiger partial charge in [0.1, 0.15) is 0 Å². The molecule has 17 heavy (non-hydrogen) atoms. The molecule has 0 aromatic carbocycles. The monoisotopic (exact) mass is 264 g/mol. The quantitative estimate of drug-likeness (QED) is 0.700. The molecule has 0 saturated carbocycles. The molecule has 0 aliphatic rings. The molecule has 0 radical (unpaired) electrons. The molecule has 0 rings (SSSR count). The minimum Gasteiger partial charge on any atom is -0.316 e. The lowest BCUT2D eigenvalue weighted by Crippen LogP contribution is -2.43. The Bertz CT molecular complexity index is 310. The van der Waals surface area contributed by atoms with Gasteiger partial charge < -0.3 is 5.32 Å². The van der Waals surface area contributed by atoms with Gasteiger partial charge in [-0.1, -0.05) is 34.6 Å². The molecule has 0 bridgehead atoms. The van der Waals surface area contributed by atoms with Crippen molar-refractivity contribution in [3.63, 3.8) is 0 Å². The van der Waals surface area contributed by atoms with E-state index in [-0.39, 0.29) is 5.41 Å². The SMILES string of the molecule is CCNCC(C)S(=O)(=O)NCC(C)(C)C(C)C. The summed E-state index contributed by atoms with van der Waals surface area (Å²) in [7, 11) is -3.21. The first-order chi connectivity index (χ1) is 7.63. The predicted octanol–water partition coefficient (Wildman–Crippen LogP) is 1.59. The van der Waals surface area contributed by atoms with E-state index in [2.05, 4.69) is 37.7 Å². The lowest BCUT2D eigenvalue weighted by Gasteiger charge is -2.30. The third-order valence-electron chi connectivity index (χ3n) is 3.50. The van der Waals surface area contributed by atoms with E-state index in [0.29, 0.717) is 19.0 Å². The summed E-state index contributed by atoms with van der Waals surface area (Å²) in [6.45, 7) is 13.8. The number of hydrogen-bond donors (Lipinski definition) is 2. The van der Waals surface area contributed by atoms with E-state index in [1.807, 2.05) is 6.92 Å². The van der Waals surface area contributed by atoms with Gasteiger partial charge in [-0.05, 0) is 24.8 Å². The van der Waals surface area contributed by atoms with Crippen molar-refractivity contribution in [2.75, 3.05) is 19.6 Å². The van der Waals surface area contributed by atoms with E-state index >= 15 is 0 Å². The van der Waals surface area contributed by atoms with Crippen LogP contribution in [-0.2, 0) is 10.0 Å². The average molecular weight is 264 g/mol. The van der Waals surface area contributed by atoms with Gasteiger partial charge >= 0.3 is 0 Å². The molecule has 4 nitrogen and oxygen atoms in total. The van der Waals surface area contributed by atoms with Crippen molar-refractivity contribution < 1.29 is 8.42 Å². The first-order valence-electron chi connectivity index (χ1n) is 6.32. The van der Waals surface area contributed by atoms with Crippen LogP contribution in [0.1, 0.15) is 41.5 Å². The molecule has 0 aliphatic heterocycles. The summed E-state index contributed by atoms with van der Waals surface area (Å²) in [5.41, 5.74) is -0.0228. The van der Waals surface area contributed by atoms with Crippen molar-refractivity contribution in [2.24, 2.45) is 11.3 Å². The highest BCUT2D eigenvalue weighted by molar-refractivity contribution is 7.90. The fraction of sp³-hybridized carbons (Fsp3) is 1.00. The fourth-order valence-electron chi connectivity index (χ4n) is 1.09. The Kier molecular flexibility index (Phi) is 6.66. The van der Waals surface area contributed by atoms with Gasteiger partial charge in [-0.2, -0.15) is 0 Å². The number of nitrogens with one attached hydrogen (secondary N) is 2. The molecular formula is C12H28N2O2S. The number of hydrogen-bond acceptors (Lipinski definition) is 3. The second-order valence-corrected chi connectivity index (χ2v) is 7.81. The first-order valence-corrected chi connectivity index (χ1v) is 7.87. The lowest BCUT2D eigenvalue weighted by molar-refractivity contribution is 0.252. The molecule has 0 spiro atoms. The van der Waals surface area contributed by atoms with Crippen LogP contribution in [0.4, 0.5) is 0 Å². The minimum atomic E-state index is -3.21. The van der Waals surface area contributed by atoms with Gasteiger partial charge in [-0.15, -0.1) is 0 Å². The Morgan fingerprint density at radius 3 is 2.12 bits per heavy atom. The molecule has 0 aliphatic carbocycles. The lowest BCUT2D eigenvalue weighted by atomic mass is 9.81. The Labute approximate surface area is 107 Å². The second kappa shape index (κ2) is 6.71. The molecule has 1 unspecified atom stereocenters. The molecule has 0 heterocycles. The predicted molar refractivity (Wildman–Crippen MR) is 73.5 cm³/mol. The van der Waals surface area contributed by atoms with Gasteiger partial charge in [-0.25, -0.2) is 13.1 Å². The standard InChI is InChI=1S/C12H28N2O2S/c1-7-13-8-11(4)17(15,16)14-9-12(5,6)10(2)3/h10-11,13-14H,7-9H2,1-6H3. The molecule has 1 atom stereocenters. The average Bonchev–Trinajstić information content (AvgIpc) is 2.23. The zero-order valence-corrected chi connectivity index (χ0v) is 12.8.